The molecule has 0 saturated carbocycles. The fourth-order valence-corrected chi connectivity index (χ4v) is 2.98. The number of nitrogens with one attached hydrogen (secondary N) is 1. The summed E-state index contributed by atoms with van der Waals surface area (Å²) in [6.07, 6.45) is 1.55. The van der Waals surface area contributed by atoms with Gasteiger partial charge >= 0.3 is 0 Å². The van der Waals surface area contributed by atoms with Crippen LogP contribution in [-0.2, 0) is 13.1 Å². The van der Waals surface area contributed by atoms with Gasteiger partial charge in [-0.15, -0.1) is 11.3 Å². The summed E-state index contributed by atoms with van der Waals surface area (Å²) in [5, 5.41) is 5.46. The Bertz CT molecular complexity index is 621. The van der Waals surface area contributed by atoms with E-state index in [1.807, 2.05) is 6.92 Å². The van der Waals surface area contributed by atoms with Gasteiger partial charge in [-0.05, 0) is 46.8 Å². The molecule has 2 aromatic heterocycles. The Labute approximate surface area is 124 Å². The third-order valence-electron chi connectivity index (χ3n) is 2.97. The Morgan fingerprint density at radius 1 is 1.47 bits per heavy atom. The molecule has 2 aromatic rings. The van der Waals surface area contributed by atoms with Crippen LogP contribution in [0.15, 0.2) is 26.9 Å². The van der Waals surface area contributed by atoms with Gasteiger partial charge in [0, 0.05) is 30.7 Å². The number of aryl methyl sites for hydroxylation is 2. The summed E-state index contributed by atoms with van der Waals surface area (Å²) in [4.78, 5) is 17.4. The molecule has 102 valence electrons. The third kappa shape index (κ3) is 3.52. The fraction of sp³-hybridized carbons (Fsp3) is 0.385. The first-order chi connectivity index (χ1) is 9.09. The first-order valence-electron chi connectivity index (χ1n) is 6.05. The topological polar surface area (TPSA) is 46.9 Å². The van der Waals surface area contributed by atoms with Gasteiger partial charge in [0.15, 0.2) is 0 Å². The van der Waals surface area contributed by atoms with E-state index < -0.39 is 0 Å². The van der Waals surface area contributed by atoms with Crippen LogP contribution >= 0.6 is 27.3 Å². The minimum absolute atomic E-state index is 0.0263. The molecule has 0 amide bonds. The Morgan fingerprint density at radius 2 is 2.26 bits per heavy atom. The maximum absolute atomic E-state index is 11.9. The first-order valence-corrected chi connectivity index (χ1v) is 7.72. The van der Waals surface area contributed by atoms with E-state index in [9.17, 15) is 4.79 Å². The molecular weight excluding hydrogens is 326 g/mol. The zero-order valence-electron chi connectivity index (χ0n) is 10.9. The standard InChI is InChI=1S/C13H16BrN3OS/c1-9-3-6-19-12(9)8-15-4-5-17-10(2)16-7-11(14)13(17)18/h3,6-7,15H,4-5,8H2,1-2H3. The van der Waals surface area contributed by atoms with E-state index in [0.29, 0.717) is 11.0 Å². The summed E-state index contributed by atoms with van der Waals surface area (Å²) in [7, 11) is 0. The van der Waals surface area contributed by atoms with Gasteiger partial charge in [-0.3, -0.25) is 9.36 Å². The molecule has 0 saturated heterocycles. The maximum atomic E-state index is 11.9. The van der Waals surface area contributed by atoms with Gasteiger partial charge in [0.1, 0.15) is 10.3 Å². The maximum Gasteiger partial charge on any atom is 0.267 e. The van der Waals surface area contributed by atoms with E-state index in [1.165, 1.54) is 10.4 Å². The lowest BCUT2D eigenvalue weighted by Crippen LogP contribution is -2.29. The summed E-state index contributed by atoms with van der Waals surface area (Å²) < 4.78 is 2.19. The van der Waals surface area contributed by atoms with Crippen LogP contribution in [0.5, 0.6) is 0 Å². The highest BCUT2D eigenvalue weighted by atomic mass is 79.9. The predicted molar refractivity (Wildman–Crippen MR) is 81.7 cm³/mol. The quantitative estimate of drug-likeness (QED) is 0.850. The second kappa shape index (κ2) is 6.45. The average molecular weight is 342 g/mol. The minimum atomic E-state index is -0.0263. The number of nitrogens with zero attached hydrogens (tertiary/aromatic N) is 2. The number of hydrogen-bond donors (Lipinski definition) is 1. The van der Waals surface area contributed by atoms with Crippen LogP contribution in [0.4, 0.5) is 0 Å². The number of hydrogen-bond acceptors (Lipinski definition) is 4. The molecule has 2 rings (SSSR count). The van der Waals surface area contributed by atoms with Crippen molar-refractivity contribution < 1.29 is 0 Å². The summed E-state index contributed by atoms with van der Waals surface area (Å²) in [6, 6.07) is 2.12. The fourth-order valence-electron chi connectivity index (χ4n) is 1.79. The summed E-state index contributed by atoms with van der Waals surface area (Å²) in [5.41, 5.74) is 1.29. The number of rotatable bonds is 5. The van der Waals surface area contributed by atoms with Gasteiger partial charge in [-0.1, -0.05) is 0 Å². The molecule has 0 unspecified atom stereocenters. The largest absolute Gasteiger partial charge is 0.310 e. The Hall–Kier alpha value is -0.980. The Balaban J connectivity index is 1.92. The molecule has 0 aliphatic carbocycles. The predicted octanol–water partition coefficient (Wildman–Crippen LogP) is 2.47. The van der Waals surface area contributed by atoms with Gasteiger partial charge < -0.3 is 5.32 Å². The normalized spacial score (nSPS) is 10.9. The van der Waals surface area contributed by atoms with Gasteiger partial charge in [-0.2, -0.15) is 0 Å². The van der Waals surface area contributed by atoms with E-state index in [1.54, 1.807) is 22.1 Å². The zero-order valence-corrected chi connectivity index (χ0v) is 13.3. The van der Waals surface area contributed by atoms with Crippen LogP contribution in [-0.4, -0.2) is 16.1 Å². The molecule has 0 radical (unpaired) electrons. The molecule has 6 heteroatoms. The number of aromatic nitrogens is 2. The average Bonchev–Trinajstić information content (AvgIpc) is 2.79. The molecule has 0 aromatic carbocycles. The van der Waals surface area contributed by atoms with Crippen molar-refractivity contribution in [3.05, 3.63) is 48.7 Å². The van der Waals surface area contributed by atoms with Crippen molar-refractivity contribution in [3.63, 3.8) is 0 Å². The minimum Gasteiger partial charge on any atom is -0.310 e. The lowest BCUT2D eigenvalue weighted by Gasteiger charge is -2.10. The van der Waals surface area contributed by atoms with Crippen LogP contribution in [0, 0.1) is 13.8 Å². The number of halogens is 1. The van der Waals surface area contributed by atoms with Crippen LogP contribution < -0.4 is 10.9 Å². The SMILES string of the molecule is Cc1ccsc1CNCCn1c(C)ncc(Br)c1=O. The summed E-state index contributed by atoms with van der Waals surface area (Å²) >= 11 is 4.97. The first kappa shape index (κ1) is 14.4. The highest BCUT2D eigenvalue weighted by Crippen LogP contribution is 2.14. The van der Waals surface area contributed by atoms with E-state index in [2.05, 4.69) is 44.6 Å². The molecule has 0 aliphatic heterocycles. The lowest BCUT2D eigenvalue weighted by atomic mass is 10.3. The monoisotopic (exact) mass is 341 g/mol. The lowest BCUT2D eigenvalue weighted by molar-refractivity contribution is 0.565. The van der Waals surface area contributed by atoms with Crippen molar-refractivity contribution in [3.8, 4) is 0 Å². The van der Waals surface area contributed by atoms with Crippen molar-refractivity contribution in [1.82, 2.24) is 14.9 Å². The molecule has 4 nitrogen and oxygen atoms in total. The molecule has 0 fully saturated rings. The molecule has 2 heterocycles. The van der Waals surface area contributed by atoms with Crippen molar-refractivity contribution in [2.24, 2.45) is 0 Å². The van der Waals surface area contributed by atoms with Crippen LogP contribution in [0.2, 0.25) is 0 Å². The van der Waals surface area contributed by atoms with Gasteiger partial charge in [0.05, 0.1) is 0 Å². The Kier molecular flexibility index (Phi) is 4.90. The van der Waals surface area contributed by atoms with Crippen LogP contribution in [0.3, 0.4) is 0 Å². The van der Waals surface area contributed by atoms with Crippen molar-refractivity contribution in [1.29, 1.82) is 0 Å². The van der Waals surface area contributed by atoms with Gasteiger partial charge in [0.2, 0.25) is 0 Å². The highest BCUT2D eigenvalue weighted by Gasteiger charge is 2.05. The number of thiophene rings is 1. The molecule has 19 heavy (non-hydrogen) atoms. The third-order valence-corrected chi connectivity index (χ3v) is 4.54. The van der Waals surface area contributed by atoms with E-state index in [4.69, 9.17) is 0 Å². The van der Waals surface area contributed by atoms with E-state index in [-0.39, 0.29) is 5.56 Å². The van der Waals surface area contributed by atoms with E-state index in [0.717, 1.165) is 18.9 Å². The highest BCUT2D eigenvalue weighted by molar-refractivity contribution is 9.10. The molecule has 0 aliphatic rings. The molecular formula is C13H16BrN3OS. The molecule has 0 spiro atoms. The van der Waals surface area contributed by atoms with Crippen molar-refractivity contribution in [2.45, 2.75) is 26.9 Å². The molecule has 0 bridgehead atoms. The van der Waals surface area contributed by atoms with Crippen LogP contribution in [0.25, 0.3) is 0 Å². The van der Waals surface area contributed by atoms with Gasteiger partial charge in [0.25, 0.3) is 5.56 Å². The zero-order chi connectivity index (χ0) is 13.8. The van der Waals surface area contributed by atoms with Gasteiger partial charge in [-0.25, -0.2) is 4.98 Å². The van der Waals surface area contributed by atoms with Crippen molar-refractivity contribution in [2.75, 3.05) is 6.54 Å². The van der Waals surface area contributed by atoms with Crippen LogP contribution in [0.1, 0.15) is 16.3 Å². The van der Waals surface area contributed by atoms with E-state index >= 15 is 0 Å². The Morgan fingerprint density at radius 3 is 2.95 bits per heavy atom. The van der Waals surface area contributed by atoms with Crippen molar-refractivity contribution >= 4 is 27.3 Å². The summed E-state index contributed by atoms with van der Waals surface area (Å²) in [5.74, 6) is 0.738. The smallest absolute Gasteiger partial charge is 0.267 e. The molecule has 0 atom stereocenters. The second-order valence-corrected chi connectivity index (χ2v) is 6.17. The molecule has 1 N–H and O–H groups in total. The second-order valence-electron chi connectivity index (χ2n) is 4.31. The summed E-state index contributed by atoms with van der Waals surface area (Å²) in [6.45, 7) is 6.17.